The Morgan fingerprint density at radius 1 is 1.32 bits per heavy atom. The third-order valence-electron chi connectivity index (χ3n) is 3.54. The van der Waals surface area contributed by atoms with Crippen molar-refractivity contribution in [3.8, 4) is 0 Å². The first kappa shape index (κ1) is 18.2. The minimum absolute atomic E-state index is 0.0469. The van der Waals surface area contributed by atoms with Gasteiger partial charge in [0.25, 0.3) is 5.91 Å². The van der Waals surface area contributed by atoms with Crippen LogP contribution in [0, 0.1) is 0 Å². The Morgan fingerprint density at radius 2 is 2.04 bits per heavy atom. The number of halogens is 1. The van der Waals surface area contributed by atoms with Gasteiger partial charge in [-0.25, -0.2) is 13.1 Å². The van der Waals surface area contributed by atoms with Gasteiger partial charge in [0.2, 0.25) is 15.2 Å². The van der Waals surface area contributed by atoms with E-state index < -0.39 is 15.9 Å². The van der Waals surface area contributed by atoms with Gasteiger partial charge in [0, 0.05) is 17.5 Å². The topological polar surface area (TPSA) is 101 Å². The molecular weight excluding hydrogens is 384 g/mol. The van der Waals surface area contributed by atoms with Crippen molar-refractivity contribution in [3.05, 3.63) is 33.8 Å². The van der Waals surface area contributed by atoms with Crippen molar-refractivity contribution in [1.82, 2.24) is 14.9 Å². The Morgan fingerprint density at radius 3 is 2.64 bits per heavy atom. The number of sulfonamides is 1. The summed E-state index contributed by atoms with van der Waals surface area (Å²) in [6, 6.07) is 4.09. The third kappa shape index (κ3) is 4.35. The van der Waals surface area contributed by atoms with Crippen molar-refractivity contribution in [2.75, 3.05) is 5.32 Å². The number of nitrogens with zero attached hydrogens (tertiary/aromatic N) is 2. The standard InChI is InChI=1S/C15H17ClN4O3S2/c1-8(2)14-18-19-15(24-14)17-13(21)9-3-6-11(16)12(7-9)25(22,23)20-10-4-5-10/h3,6-8,10,20H,4-5H2,1-2H3,(H,17,19,21). The Labute approximate surface area is 154 Å². The van der Waals surface area contributed by atoms with Gasteiger partial charge in [-0.05, 0) is 31.0 Å². The van der Waals surface area contributed by atoms with Gasteiger partial charge in [0.15, 0.2) is 0 Å². The van der Waals surface area contributed by atoms with Gasteiger partial charge in [-0.15, -0.1) is 10.2 Å². The number of carbonyl (C=O) groups excluding carboxylic acids is 1. The molecule has 2 N–H and O–H groups in total. The number of amides is 1. The fourth-order valence-electron chi connectivity index (χ4n) is 2.02. The molecule has 0 unspecified atom stereocenters. The van der Waals surface area contributed by atoms with Crippen LogP contribution in [-0.2, 0) is 10.0 Å². The molecule has 25 heavy (non-hydrogen) atoms. The lowest BCUT2D eigenvalue weighted by Gasteiger charge is -2.09. The first-order chi connectivity index (χ1) is 11.8. The maximum absolute atomic E-state index is 12.4. The Hall–Kier alpha value is -1.55. The van der Waals surface area contributed by atoms with Gasteiger partial charge in [-0.3, -0.25) is 10.1 Å². The van der Waals surface area contributed by atoms with Gasteiger partial charge in [-0.1, -0.05) is 36.8 Å². The smallest absolute Gasteiger partial charge is 0.257 e. The van der Waals surface area contributed by atoms with E-state index in [4.69, 9.17) is 11.6 Å². The lowest BCUT2D eigenvalue weighted by Crippen LogP contribution is -2.26. The van der Waals surface area contributed by atoms with Crippen LogP contribution in [0.5, 0.6) is 0 Å². The molecule has 1 amide bonds. The molecule has 0 spiro atoms. The molecule has 1 saturated carbocycles. The fourth-order valence-corrected chi connectivity index (χ4v) is 4.59. The highest BCUT2D eigenvalue weighted by molar-refractivity contribution is 7.89. The molecule has 1 aromatic carbocycles. The summed E-state index contributed by atoms with van der Waals surface area (Å²) in [5.74, 6) is -0.255. The second kappa shape index (κ2) is 6.99. The molecule has 1 aliphatic carbocycles. The second-order valence-corrected chi connectivity index (χ2v) is 9.19. The summed E-state index contributed by atoms with van der Waals surface area (Å²) in [6.45, 7) is 3.96. The summed E-state index contributed by atoms with van der Waals surface area (Å²) in [5.41, 5.74) is 0.182. The van der Waals surface area contributed by atoms with Gasteiger partial charge in [0.05, 0.1) is 5.02 Å². The van der Waals surface area contributed by atoms with Gasteiger partial charge in [-0.2, -0.15) is 0 Å². The van der Waals surface area contributed by atoms with E-state index in [9.17, 15) is 13.2 Å². The Kier molecular flexibility index (Phi) is 5.10. The lowest BCUT2D eigenvalue weighted by atomic mass is 10.2. The molecule has 0 radical (unpaired) electrons. The summed E-state index contributed by atoms with van der Waals surface area (Å²) in [5, 5.41) is 11.8. The highest BCUT2D eigenvalue weighted by Gasteiger charge is 2.29. The van der Waals surface area contributed by atoms with Gasteiger partial charge < -0.3 is 0 Å². The molecule has 1 fully saturated rings. The second-order valence-electron chi connectivity index (χ2n) is 6.10. The summed E-state index contributed by atoms with van der Waals surface area (Å²) in [7, 11) is -3.75. The van der Waals surface area contributed by atoms with Gasteiger partial charge in [0.1, 0.15) is 9.90 Å². The number of hydrogen-bond donors (Lipinski definition) is 2. The van der Waals surface area contributed by atoms with E-state index in [2.05, 4.69) is 20.2 Å². The van der Waals surface area contributed by atoms with E-state index in [1.807, 2.05) is 13.8 Å². The van der Waals surface area contributed by atoms with E-state index in [1.165, 1.54) is 29.5 Å². The van der Waals surface area contributed by atoms with E-state index in [0.29, 0.717) is 5.13 Å². The Bertz CT molecular complexity index is 907. The summed E-state index contributed by atoms with van der Waals surface area (Å²) in [4.78, 5) is 12.3. The number of hydrogen-bond acceptors (Lipinski definition) is 6. The predicted molar refractivity (Wildman–Crippen MR) is 96.7 cm³/mol. The Balaban J connectivity index is 1.81. The van der Waals surface area contributed by atoms with Crippen LogP contribution < -0.4 is 10.0 Å². The molecule has 0 bridgehead atoms. The van der Waals surface area contributed by atoms with Crippen molar-refractivity contribution in [3.63, 3.8) is 0 Å². The number of carbonyl (C=O) groups is 1. The first-order valence-electron chi connectivity index (χ1n) is 7.73. The maximum atomic E-state index is 12.4. The molecule has 3 rings (SSSR count). The summed E-state index contributed by atoms with van der Waals surface area (Å²) in [6.07, 6.45) is 1.62. The zero-order valence-electron chi connectivity index (χ0n) is 13.6. The zero-order chi connectivity index (χ0) is 18.2. The van der Waals surface area contributed by atoms with Crippen LogP contribution in [0.3, 0.4) is 0 Å². The molecule has 134 valence electrons. The number of aromatic nitrogens is 2. The molecule has 2 aromatic rings. The molecular formula is C15H17ClN4O3S2. The zero-order valence-corrected chi connectivity index (χ0v) is 16.0. The van der Waals surface area contributed by atoms with Crippen LogP contribution in [0.2, 0.25) is 5.02 Å². The van der Waals surface area contributed by atoms with E-state index in [-0.39, 0.29) is 27.4 Å². The van der Waals surface area contributed by atoms with Crippen molar-refractivity contribution >= 4 is 44.0 Å². The first-order valence-corrected chi connectivity index (χ1v) is 10.4. The van der Waals surface area contributed by atoms with Crippen LogP contribution in [-0.4, -0.2) is 30.6 Å². The molecule has 7 nitrogen and oxygen atoms in total. The normalized spacial score (nSPS) is 14.7. The van der Waals surface area contributed by atoms with E-state index >= 15 is 0 Å². The van der Waals surface area contributed by atoms with Gasteiger partial charge >= 0.3 is 0 Å². The van der Waals surface area contributed by atoms with Crippen LogP contribution >= 0.6 is 22.9 Å². The average Bonchev–Trinajstić information content (AvgIpc) is 3.21. The van der Waals surface area contributed by atoms with Crippen molar-refractivity contribution in [2.24, 2.45) is 0 Å². The summed E-state index contributed by atoms with van der Waals surface area (Å²) >= 11 is 7.30. The van der Waals surface area contributed by atoms with Crippen LogP contribution in [0.15, 0.2) is 23.1 Å². The molecule has 0 atom stereocenters. The lowest BCUT2D eigenvalue weighted by molar-refractivity contribution is 0.102. The molecule has 1 aliphatic rings. The molecule has 1 heterocycles. The molecule has 0 saturated heterocycles. The van der Waals surface area contributed by atoms with E-state index in [1.54, 1.807) is 0 Å². The third-order valence-corrected chi connectivity index (χ3v) is 6.68. The highest BCUT2D eigenvalue weighted by Crippen LogP contribution is 2.27. The molecule has 0 aliphatic heterocycles. The minimum Gasteiger partial charge on any atom is -0.296 e. The number of nitrogens with one attached hydrogen (secondary N) is 2. The minimum atomic E-state index is -3.75. The van der Waals surface area contributed by atoms with Crippen molar-refractivity contribution in [1.29, 1.82) is 0 Å². The predicted octanol–water partition coefficient (Wildman–Crippen LogP) is 3.01. The number of anilines is 1. The molecule has 1 aromatic heterocycles. The average molecular weight is 401 g/mol. The van der Waals surface area contributed by atoms with Crippen LogP contribution in [0.4, 0.5) is 5.13 Å². The van der Waals surface area contributed by atoms with Crippen LogP contribution in [0.1, 0.15) is 48.0 Å². The highest BCUT2D eigenvalue weighted by atomic mass is 35.5. The SMILES string of the molecule is CC(C)c1nnc(NC(=O)c2ccc(Cl)c(S(=O)(=O)NC3CC3)c2)s1. The van der Waals surface area contributed by atoms with E-state index in [0.717, 1.165) is 17.8 Å². The summed E-state index contributed by atoms with van der Waals surface area (Å²) < 4.78 is 27.3. The van der Waals surface area contributed by atoms with Crippen LogP contribution in [0.25, 0.3) is 0 Å². The quantitative estimate of drug-likeness (QED) is 0.776. The number of rotatable bonds is 6. The maximum Gasteiger partial charge on any atom is 0.257 e. The largest absolute Gasteiger partial charge is 0.296 e. The molecule has 10 heteroatoms. The van der Waals surface area contributed by atoms with Crippen molar-refractivity contribution in [2.45, 2.75) is 43.5 Å². The van der Waals surface area contributed by atoms with Crippen molar-refractivity contribution < 1.29 is 13.2 Å². The fraction of sp³-hybridized carbons (Fsp3) is 0.400. The number of benzene rings is 1. The monoisotopic (exact) mass is 400 g/mol.